The van der Waals surface area contributed by atoms with E-state index in [1.807, 2.05) is 31.3 Å². The van der Waals surface area contributed by atoms with Crippen molar-refractivity contribution in [3.63, 3.8) is 0 Å². The number of aryl methyl sites for hydroxylation is 1. The Kier molecular flexibility index (Phi) is 4.94. The first kappa shape index (κ1) is 14.0. The van der Waals surface area contributed by atoms with Crippen LogP contribution in [-0.2, 0) is 6.42 Å². The smallest absolute Gasteiger partial charge is 0.142 e. The van der Waals surface area contributed by atoms with Gasteiger partial charge in [-0.05, 0) is 37.1 Å². The molecule has 3 heteroatoms. The highest BCUT2D eigenvalue weighted by atomic mass is 35.5. The predicted octanol–water partition coefficient (Wildman–Crippen LogP) is 4.37. The van der Waals surface area contributed by atoms with Crippen molar-refractivity contribution in [1.29, 1.82) is 0 Å². The third-order valence-electron chi connectivity index (χ3n) is 3.27. The van der Waals surface area contributed by atoms with Crippen LogP contribution in [0.1, 0.15) is 23.6 Å². The quantitative estimate of drug-likeness (QED) is 0.856. The summed E-state index contributed by atoms with van der Waals surface area (Å²) in [6, 6.07) is 15.3. The fourth-order valence-electron chi connectivity index (χ4n) is 2.20. The Labute approximate surface area is 118 Å². The van der Waals surface area contributed by atoms with Gasteiger partial charge in [-0.15, -0.1) is 0 Å². The van der Waals surface area contributed by atoms with Gasteiger partial charge in [0.15, 0.2) is 0 Å². The van der Waals surface area contributed by atoms with Gasteiger partial charge in [0, 0.05) is 6.04 Å². The molecule has 0 amide bonds. The molecule has 0 bridgehead atoms. The Morgan fingerprint density at radius 2 is 1.84 bits per heavy atom. The molecule has 2 rings (SSSR count). The van der Waals surface area contributed by atoms with Crippen molar-refractivity contribution in [2.75, 3.05) is 7.05 Å². The first-order chi connectivity index (χ1) is 9.22. The molecule has 1 atom stereocenters. The minimum atomic E-state index is -0.362. The molecule has 0 radical (unpaired) electrons. The molecule has 0 aliphatic carbocycles. The topological polar surface area (TPSA) is 12.0 Å². The molecule has 0 saturated heterocycles. The Balaban J connectivity index is 2.10. The first-order valence-corrected chi connectivity index (χ1v) is 6.75. The molecule has 0 fully saturated rings. The molecule has 1 N–H and O–H groups in total. The molecule has 19 heavy (non-hydrogen) atoms. The molecule has 0 saturated carbocycles. The summed E-state index contributed by atoms with van der Waals surface area (Å²) in [4.78, 5) is 0. The van der Waals surface area contributed by atoms with Gasteiger partial charge < -0.3 is 5.32 Å². The number of benzene rings is 2. The van der Waals surface area contributed by atoms with Gasteiger partial charge in [-0.25, -0.2) is 4.39 Å². The van der Waals surface area contributed by atoms with Gasteiger partial charge >= 0.3 is 0 Å². The van der Waals surface area contributed by atoms with Gasteiger partial charge in [-0.3, -0.25) is 0 Å². The fraction of sp³-hybridized carbons (Fsp3) is 0.250. The maximum atomic E-state index is 13.5. The van der Waals surface area contributed by atoms with E-state index in [1.54, 1.807) is 6.07 Å². The summed E-state index contributed by atoms with van der Waals surface area (Å²) in [6.07, 6.45) is 1.81. The standard InChI is InChI=1S/C16H17ClFN/c1-19-15(11-10-12-6-3-2-4-7-12)13-8-5-9-14(18)16(13)17/h2-9,15,19H,10-11H2,1H3. The highest BCUT2D eigenvalue weighted by Gasteiger charge is 2.15. The van der Waals surface area contributed by atoms with E-state index in [0.29, 0.717) is 0 Å². The van der Waals surface area contributed by atoms with Gasteiger partial charge in [0.1, 0.15) is 5.82 Å². The van der Waals surface area contributed by atoms with Gasteiger partial charge in [0.25, 0.3) is 0 Å². The average molecular weight is 278 g/mol. The molecular weight excluding hydrogens is 261 g/mol. The monoisotopic (exact) mass is 277 g/mol. The highest BCUT2D eigenvalue weighted by Crippen LogP contribution is 2.28. The van der Waals surface area contributed by atoms with Gasteiger partial charge in [0.05, 0.1) is 5.02 Å². The summed E-state index contributed by atoms with van der Waals surface area (Å²) in [6.45, 7) is 0. The van der Waals surface area contributed by atoms with E-state index in [9.17, 15) is 4.39 Å². The molecule has 0 aliphatic heterocycles. The Morgan fingerprint density at radius 3 is 2.53 bits per heavy atom. The lowest BCUT2D eigenvalue weighted by atomic mass is 9.99. The Bertz CT molecular complexity index is 528. The number of nitrogens with one attached hydrogen (secondary N) is 1. The summed E-state index contributed by atoms with van der Waals surface area (Å²) in [7, 11) is 1.87. The summed E-state index contributed by atoms with van der Waals surface area (Å²) in [5, 5.41) is 3.42. The SMILES string of the molecule is CNC(CCc1ccccc1)c1cccc(F)c1Cl. The van der Waals surface area contributed by atoms with Crippen LogP contribution in [-0.4, -0.2) is 7.05 Å². The van der Waals surface area contributed by atoms with E-state index in [0.717, 1.165) is 18.4 Å². The predicted molar refractivity (Wildman–Crippen MR) is 78.0 cm³/mol. The van der Waals surface area contributed by atoms with Crippen molar-refractivity contribution in [1.82, 2.24) is 5.32 Å². The molecule has 0 aliphatic rings. The van der Waals surface area contributed by atoms with E-state index in [4.69, 9.17) is 11.6 Å². The van der Waals surface area contributed by atoms with Crippen molar-refractivity contribution < 1.29 is 4.39 Å². The maximum Gasteiger partial charge on any atom is 0.142 e. The average Bonchev–Trinajstić information content (AvgIpc) is 2.45. The molecule has 100 valence electrons. The van der Waals surface area contributed by atoms with Gasteiger partial charge in [-0.1, -0.05) is 54.1 Å². The zero-order valence-electron chi connectivity index (χ0n) is 10.9. The zero-order valence-corrected chi connectivity index (χ0v) is 11.6. The van der Waals surface area contributed by atoms with Crippen molar-refractivity contribution >= 4 is 11.6 Å². The minimum Gasteiger partial charge on any atom is -0.313 e. The van der Waals surface area contributed by atoms with Crippen LogP contribution in [0.5, 0.6) is 0 Å². The second kappa shape index (κ2) is 6.69. The highest BCUT2D eigenvalue weighted by molar-refractivity contribution is 6.31. The van der Waals surface area contributed by atoms with E-state index >= 15 is 0 Å². The van der Waals surface area contributed by atoms with E-state index in [1.165, 1.54) is 11.6 Å². The molecule has 1 nitrogen and oxygen atoms in total. The molecular formula is C16H17ClFN. The van der Waals surface area contributed by atoms with Crippen LogP contribution in [0.4, 0.5) is 4.39 Å². The van der Waals surface area contributed by atoms with E-state index in [-0.39, 0.29) is 16.9 Å². The fourth-order valence-corrected chi connectivity index (χ4v) is 2.46. The van der Waals surface area contributed by atoms with Crippen LogP contribution in [0.2, 0.25) is 5.02 Å². The lowest BCUT2D eigenvalue weighted by Crippen LogP contribution is -2.17. The van der Waals surface area contributed by atoms with Crippen molar-refractivity contribution in [3.05, 3.63) is 70.5 Å². The number of halogens is 2. The number of rotatable bonds is 5. The Hall–Kier alpha value is -1.38. The van der Waals surface area contributed by atoms with Crippen LogP contribution in [0.15, 0.2) is 48.5 Å². The normalized spacial score (nSPS) is 12.4. The van der Waals surface area contributed by atoms with Crippen LogP contribution in [0.25, 0.3) is 0 Å². The minimum absolute atomic E-state index is 0.0587. The van der Waals surface area contributed by atoms with Crippen LogP contribution in [0.3, 0.4) is 0 Å². The summed E-state index contributed by atoms with van der Waals surface area (Å²) >= 11 is 6.03. The lowest BCUT2D eigenvalue weighted by Gasteiger charge is -2.18. The molecule has 0 heterocycles. The first-order valence-electron chi connectivity index (χ1n) is 6.37. The summed E-state index contributed by atoms with van der Waals surface area (Å²) in [5.41, 5.74) is 2.09. The largest absolute Gasteiger partial charge is 0.313 e. The maximum absolute atomic E-state index is 13.5. The summed E-state index contributed by atoms with van der Waals surface area (Å²) < 4.78 is 13.5. The van der Waals surface area contributed by atoms with Crippen LogP contribution < -0.4 is 5.32 Å². The van der Waals surface area contributed by atoms with E-state index in [2.05, 4.69) is 17.4 Å². The van der Waals surface area contributed by atoms with Crippen LogP contribution >= 0.6 is 11.6 Å². The van der Waals surface area contributed by atoms with Crippen molar-refractivity contribution in [3.8, 4) is 0 Å². The van der Waals surface area contributed by atoms with Crippen molar-refractivity contribution in [2.45, 2.75) is 18.9 Å². The molecule has 2 aromatic carbocycles. The second-order valence-electron chi connectivity index (χ2n) is 4.51. The van der Waals surface area contributed by atoms with Gasteiger partial charge in [-0.2, -0.15) is 0 Å². The van der Waals surface area contributed by atoms with Gasteiger partial charge in [0.2, 0.25) is 0 Å². The molecule has 0 aromatic heterocycles. The molecule has 2 aromatic rings. The third kappa shape index (κ3) is 3.55. The second-order valence-corrected chi connectivity index (χ2v) is 4.89. The van der Waals surface area contributed by atoms with Crippen molar-refractivity contribution in [2.24, 2.45) is 0 Å². The summed E-state index contributed by atoms with van der Waals surface area (Å²) in [5.74, 6) is -0.362. The lowest BCUT2D eigenvalue weighted by molar-refractivity contribution is 0.542. The molecule has 1 unspecified atom stereocenters. The molecule has 0 spiro atoms. The van der Waals surface area contributed by atoms with E-state index < -0.39 is 0 Å². The number of hydrogen-bond acceptors (Lipinski definition) is 1. The third-order valence-corrected chi connectivity index (χ3v) is 3.67. The Morgan fingerprint density at radius 1 is 1.11 bits per heavy atom. The van der Waals surface area contributed by atoms with Crippen LogP contribution in [0, 0.1) is 5.82 Å². The number of hydrogen-bond donors (Lipinski definition) is 1. The zero-order chi connectivity index (χ0) is 13.7.